The predicted octanol–water partition coefficient (Wildman–Crippen LogP) is 1.11. The van der Waals surface area contributed by atoms with Crippen LogP contribution in [0.3, 0.4) is 0 Å². The van der Waals surface area contributed by atoms with E-state index >= 15 is 0 Å². The summed E-state index contributed by atoms with van der Waals surface area (Å²) in [6, 6.07) is 2.95. The lowest BCUT2D eigenvalue weighted by Gasteiger charge is -2.13. The highest BCUT2D eigenvalue weighted by Crippen LogP contribution is 2.21. The van der Waals surface area contributed by atoms with Crippen molar-refractivity contribution in [2.75, 3.05) is 0 Å². The third-order valence-electron chi connectivity index (χ3n) is 2.46. The van der Waals surface area contributed by atoms with E-state index in [1.54, 1.807) is 0 Å². The number of hydrogen-bond acceptors (Lipinski definition) is 6. The molecule has 0 fully saturated rings. The fraction of sp³-hybridized carbons (Fsp3) is 0.143. The fourth-order valence-electron chi connectivity index (χ4n) is 1.38. The molecule has 1 rings (SSSR count). The summed E-state index contributed by atoms with van der Waals surface area (Å²) in [6.07, 6.45) is -0.474. The summed E-state index contributed by atoms with van der Waals surface area (Å²) in [5.74, 6) is -5.10. The Labute approximate surface area is 124 Å². The van der Waals surface area contributed by atoms with Crippen molar-refractivity contribution in [1.29, 1.82) is 0 Å². The Balaban J connectivity index is 3.04. The zero-order valence-electron chi connectivity index (χ0n) is 11.4. The number of carbonyl (C=O) groups excluding carboxylic acids is 2. The van der Waals surface area contributed by atoms with E-state index in [0.29, 0.717) is 0 Å². The molecule has 0 amide bonds. The number of hydrogen-bond donors (Lipinski definition) is 2. The molecular formula is C14H12O8. The van der Waals surface area contributed by atoms with E-state index in [-0.39, 0.29) is 5.56 Å². The molecule has 0 spiro atoms. The number of rotatable bonds is 6. The van der Waals surface area contributed by atoms with Crippen molar-refractivity contribution in [1.82, 2.24) is 0 Å². The highest BCUT2D eigenvalue weighted by atomic mass is 16.6. The number of esters is 2. The molecular weight excluding hydrogens is 296 g/mol. The summed E-state index contributed by atoms with van der Waals surface area (Å²) in [6.45, 7) is 4.37. The number of ether oxygens (including phenoxy) is 2. The second kappa shape index (κ2) is 7.02. The zero-order chi connectivity index (χ0) is 16.9. The van der Waals surface area contributed by atoms with Gasteiger partial charge in [0.1, 0.15) is 11.3 Å². The van der Waals surface area contributed by atoms with E-state index in [9.17, 15) is 19.2 Å². The molecule has 0 heterocycles. The van der Waals surface area contributed by atoms with Crippen molar-refractivity contribution in [2.24, 2.45) is 0 Å². The molecule has 116 valence electrons. The molecule has 22 heavy (non-hydrogen) atoms. The van der Waals surface area contributed by atoms with Crippen LogP contribution in [-0.2, 0) is 14.3 Å². The number of aromatic carboxylic acids is 2. The molecule has 1 atom stereocenters. The molecule has 1 unspecified atom stereocenters. The monoisotopic (exact) mass is 308 g/mol. The van der Waals surface area contributed by atoms with Crippen molar-refractivity contribution in [3.8, 4) is 5.75 Å². The van der Waals surface area contributed by atoms with Crippen LogP contribution in [0.1, 0.15) is 27.6 Å². The van der Waals surface area contributed by atoms with Crippen LogP contribution in [0, 0.1) is 0 Å². The highest BCUT2D eigenvalue weighted by molar-refractivity contribution is 5.96. The average molecular weight is 308 g/mol. The lowest BCUT2D eigenvalue weighted by Crippen LogP contribution is -2.28. The number of benzene rings is 1. The Bertz CT molecular complexity index is 646. The molecule has 8 nitrogen and oxygen atoms in total. The Morgan fingerprint density at radius 1 is 1.18 bits per heavy atom. The summed E-state index contributed by atoms with van der Waals surface area (Å²) in [4.78, 5) is 44.6. The van der Waals surface area contributed by atoms with E-state index in [2.05, 4.69) is 11.3 Å². The maximum absolute atomic E-state index is 11.7. The van der Waals surface area contributed by atoms with E-state index in [4.69, 9.17) is 14.9 Å². The van der Waals surface area contributed by atoms with Gasteiger partial charge in [-0.25, -0.2) is 19.2 Å². The van der Waals surface area contributed by atoms with Crippen LogP contribution in [0.2, 0.25) is 0 Å². The maximum Gasteiger partial charge on any atom is 0.352 e. The summed E-state index contributed by atoms with van der Waals surface area (Å²) in [5, 5.41) is 17.9. The third kappa shape index (κ3) is 4.17. The van der Waals surface area contributed by atoms with Crippen LogP contribution in [0.4, 0.5) is 0 Å². The van der Waals surface area contributed by atoms with Crippen LogP contribution in [0.25, 0.3) is 0 Å². The Kier molecular flexibility index (Phi) is 5.39. The van der Waals surface area contributed by atoms with E-state index in [1.807, 2.05) is 0 Å². The fourth-order valence-corrected chi connectivity index (χ4v) is 1.38. The van der Waals surface area contributed by atoms with Crippen molar-refractivity contribution in [3.05, 3.63) is 42.0 Å². The van der Waals surface area contributed by atoms with Crippen molar-refractivity contribution >= 4 is 23.9 Å². The summed E-state index contributed by atoms with van der Waals surface area (Å²) < 4.78 is 9.43. The zero-order valence-corrected chi connectivity index (χ0v) is 11.4. The molecule has 8 heteroatoms. The molecule has 0 aromatic heterocycles. The van der Waals surface area contributed by atoms with Gasteiger partial charge < -0.3 is 19.7 Å². The number of carboxylic acid groups (broad SMARTS) is 2. The van der Waals surface area contributed by atoms with Crippen molar-refractivity contribution in [2.45, 2.75) is 13.0 Å². The largest absolute Gasteiger partial charge is 0.478 e. The van der Waals surface area contributed by atoms with Gasteiger partial charge in [0, 0.05) is 6.08 Å². The lowest BCUT2D eigenvalue weighted by atomic mass is 10.1. The molecule has 0 saturated carbocycles. The predicted molar refractivity (Wildman–Crippen MR) is 71.7 cm³/mol. The van der Waals surface area contributed by atoms with Gasteiger partial charge in [0.05, 0.1) is 5.56 Å². The second-order valence-electron chi connectivity index (χ2n) is 4.03. The topological polar surface area (TPSA) is 127 Å². The highest BCUT2D eigenvalue weighted by Gasteiger charge is 2.22. The van der Waals surface area contributed by atoms with Gasteiger partial charge in [0.25, 0.3) is 0 Å². The number of carboxylic acids is 2. The Hall–Kier alpha value is -3.16. The van der Waals surface area contributed by atoms with Gasteiger partial charge in [-0.05, 0) is 25.1 Å². The smallest absolute Gasteiger partial charge is 0.352 e. The first-order valence-electron chi connectivity index (χ1n) is 5.91. The average Bonchev–Trinajstić information content (AvgIpc) is 2.46. The van der Waals surface area contributed by atoms with Crippen molar-refractivity contribution < 1.29 is 38.9 Å². The van der Waals surface area contributed by atoms with Gasteiger partial charge in [-0.15, -0.1) is 0 Å². The SMILES string of the molecule is C=CC(=O)OC(C)C(=O)Oc1cc(C(=O)O)ccc1C(=O)O. The first-order valence-corrected chi connectivity index (χ1v) is 5.91. The molecule has 1 aromatic rings. The second-order valence-corrected chi connectivity index (χ2v) is 4.03. The van der Waals surface area contributed by atoms with Gasteiger partial charge in [0.15, 0.2) is 6.10 Å². The molecule has 0 radical (unpaired) electrons. The third-order valence-corrected chi connectivity index (χ3v) is 2.46. The molecule has 0 aliphatic rings. The molecule has 0 aliphatic heterocycles. The lowest BCUT2D eigenvalue weighted by molar-refractivity contribution is -0.157. The van der Waals surface area contributed by atoms with Crippen LogP contribution < -0.4 is 4.74 Å². The molecule has 0 saturated heterocycles. The molecule has 0 aliphatic carbocycles. The van der Waals surface area contributed by atoms with Gasteiger partial charge in [-0.2, -0.15) is 0 Å². The summed E-state index contributed by atoms with van der Waals surface area (Å²) in [5.41, 5.74) is -0.663. The summed E-state index contributed by atoms with van der Waals surface area (Å²) >= 11 is 0. The van der Waals surface area contributed by atoms with E-state index < -0.39 is 41.3 Å². The standard InChI is InChI=1S/C14H12O8/c1-3-11(15)21-7(2)14(20)22-10-6-8(12(16)17)4-5-9(10)13(18)19/h3-7H,1H2,2H3,(H,16,17)(H,18,19). The van der Waals surface area contributed by atoms with Crippen LogP contribution in [0.15, 0.2) is 30.9 Å². The summed E-state index contributed by atoms with van der Waals surface area (Å²) in [7, 11) is 0. The quantitative estimate of drug-likeness (QED) is 0.454. The first kappa shape index (κ1) is 16.9. The van der Waals surface area contributed by atoms with Gasteiger partial charge >= 0.3 is 23.9 Å². The maximum atomic E-state index is 11.7. The Morgan fingerprint density at radius 3 is 2.32 bits per heavy atom. The molecule has 1 aromatic carbocycles. The molecule has 2 N–H and O–H groups in total. The minimum Gasteiger partial charge on any atom is -0.478 e. The Morgan fingerprint density at radius 2 is 1.82 bits per heavy atom. The van der Waals surface area contributed by atoms with E-state index in [0.717, 1.165) is 24.3 Å². The van der Waals surface area contributed by atoms with Gasteiger partial charge in [-0.3, -0.25) is 0 Å². The minimum atomic E-state index is -1.41. The molecule has 0 bridgehead atoms. The van der Waals surface area contributed by atoms with Gasteiger partial charge in [-0.1, -0.05) is 6.58 Å². The van der Waals surface area contributed by atoms with Gasteiger partial charge in [0.2, 0.25) is 0 Å². The van der Waals surface area contributed by atoms with Crippen LogP contribution in [-0.4, -0.2) is 40.2 Å². The van der Waals surface area contributed by atoms with Crippen LogP contribution in [0.5, 0.6) is 5.75 Å². The van der Waals surface area contributed by atoms with E-state index in [1.165, 1.54) is 6.92 Å². The minimum absolute atomic E-state index is 0.261. The number of carbonyl (C=O) groups is 4. The normalized spacial score (nSPS) is 11.1. The first-order chi connectivity index (χ1) is 10.3. The van der Waals surface area contributed by atoms with Crippen LogP contribution >= 0.6 is 0 Å². The van der Waals surface area contributed by atoms with Crippen molar-refractivity contribution in [3.63, 3.8) is 0 Å².